The summed E-state index contributed by atoms with van der Waals surface area (Å²) in [7, 11) is 0. The van der Waals surface area contributed by atoms with Crippen LogP contribution in [0, 0.1) is 0 Å². The molecule has 1 aromatic heterocycles. The Morgan fingerprint density at radius 1 is 1.08 bits per heavy atom. The van der Waals surface area contributed by atoms with Crippen LogP contribution >= 0.6 is 0 Å². The Hall–Kier alpha value is -4.06. The standard InChI is InChI=1S/C25H25N5O6/c26-23-19-5-4-16(12-15(19)6-7-27-23)28-24(33)21(32)22-25(34)30(9-11-36-22)18-3-1-2-17(13-18)29-8-10-35-14-20(29)31/h1-7,12-13,21-22,32H,8-11,14H2,(H2,26,27)(H,28,33). The van der Waals surface area contributed by atoms with Gasteiger partial charge in [-0.2, -0.15) is 0 Å². The van der Waals surface area contributed by atoms with E-state index < -0.39 is 24.0 Å². The van der Waals surface area contributed by atoms with Crippen molar-refractivity contribution in [2.45, 2.75) is 12.2 Å². The molecule has 5 rings (SSSR count). The van der Waals surface area contributed by atoms with E-state index in [1.165, 1.54) is 4.90 Å². The van der Waals surface area contributed by atoms with Gasteiger partial charge in [0.25, 0.3) is 17.7 Å². The lowest BCUT2D eigenvalue weighted by Gasteiger charge is -2.35. The van der Waals surface area contributed by atoms with Gasteiger partial charge in [0.2, 0.25) is 0 Å². The predicted octanol–water partition coefficient (Wildman–Crippen LogP) is 0.912. The third-order valence-corrected chi connectivity index (χ3v) is 6.18. The largest absolute Gasteiger partial charge is 0.383 e. The van der Waals surface area contributed by atoms with Gasteiger partial charge in [-0.05, 0) is 47.9 Å². The number of aromatic nitrogens is 1. The third-order valence-electron chi connectivity index (χ3n) is 6.18. The van der Waals surface area contributed by atoms with Gasteiger partial charge in [-0.1, -0.05) is 6.07 Å². The topological polar surface area (TPSA) is 147 Å². The zero-order chi connectivity index (χ0) is 25.2. The van der Waals surface area contributed by atoms with Crippen LogP contribution in [0.1, 0.15) is 0 Å². The number of aliphatic hydroxyl groups excluding tert-OH is 1. The Bertz CT molecular complexity index is 1330. The Labute approximate surface area is 206 Å². The molecular formula is C25H25N5O6. The van der Waals surface area contributed by atoms with E-state index in [-0.39, 0.29) is 25.7 Å². The van der Waals surface area contributed by atoms with Gasteiger partial charge >= 0.3 is 0 Å². The first-order valence-corrected chi connectivity index (χ1v) is 11.5. The van der Waals surface area contributed by atoms with Gasteiger partial charge in [-0.25, -0.2) is 4.98 Å². The molecule has 3 heterocycles. The van der Waals surface area contributed by atoms with Gasteiger partial charge < -0.3 is 35.4 Å². The number of fused-ring (bicyclic) bond motifs is 1. The molecule has 3 amide bonds. The van der Waals surface area contributed by atoms with E-state index in [2.05, 4.69) is 10.3 Å². The maximum Gasteiger partial charge on any atom is 0.259 e. The number of nitrogens with one attached hydrogen (secondary N) is 1. The number of hydrogen-bond donors (Lipinski definition) is 3. The zero-order valence-electron chi connectivity index (χ0n) is 19.3. The summed E-state index contributed by atoms with van der Waals surface area (Å²) in [5.41, 5.74) is 7.48. The van der Waals surface area contributed by atoms with E-state index >= 15 is 0 Å². The quantitative estimate of drug-likeness (QED) is 0.477. The monoisotopic (exact) mass is 491 g/mol. The molecule has 0 saturated carbocycles. The maximum absolute atomic E-state index is 13.2. The number of amides is 3. The van der Waals surface area contributed by atoms with Crippen molar-refractivity contribution in [2.75, 3.05) is 53.8 Å². The molecule has 11 heteroatoms. The molecule has 2 unspecified atom stereocenters. The number of morpholine rings is 2. The van der Waals surface area contributed by atoms with Crippen LogP contribution in [0.5, 0.6) is 0 Å². The number of rotatable bonds is 5. The van der Waals surface area contributed by atoms with Crippen LogP contribution in [0.3, 0.4) is 0 Å². The average Bonchev–Trinajstić information content (AvgIpc) is 2.89. The average molecular weight is 492 g/mol. The number of benzene rings is 2. The Morgan fingerprint density at radius 3 is 2.67 bits per heavy atom. The normalized spacial score (nSPS) is 19.4. The van der Waals surface area contributed by atoms with Gasteiger partial charge in [0.1, 0.15) is 12.4 Å². The first-order valence-electron chi connectivity index (χ1n) is 11.5. The van der Waals surface area contributed by atoms with Crippen molar-refractivity contribution in [3.8, 4) is 0 Å². The van der Waals surface area contributed by atoms with Crippen LogP contribution < -0.4 is 20.9 Å². The van der Waals surface area contributed by atoms with E-state index in [4.69, 9.17) is 15.2 Å². The van der Waals surface area contributed by atoms with Crippen molar-refractivity contribution in [1.82, 2.24) is 4.98 Å². The summed E-state index contributed by atoms with van der Waals surface area (Å²) in [6.07, 6.45) is -1.55. The molecule has 4 N–H and O–H groups in total. The summed E-state index contributed by atoms with van der Waals surface area (Å²) in [6.45, 7) is 1.22. The molecule has 2 saturated heterocycles. The van der Waals surface area contributed by atoms with E-state index in [9.17, 15) is 19.5 Å². The molecule has 2 atom stereocenters. The number of aliphatic hydroxyl groups is 1. The number of nitrogens with zero attached hydrogens (tertiary/aromatic N) is 3. The lowest BCUT2D eigenvalue weighted by Crippen LogP contribution is -2.55. The fourth-order valence-corrected chi connectivity index (χ4v) is 4.34. The van der Waals surface area contributed by atoms with Crippen molar-refractivity contribution in [3.63, 3.8) is 0 Å². The number of ether oxygens (including phenoxy) is 2. The van der Waals surface area contributed by atoms with E-state index in [1.54, 1.807) is 59.6 Å². The first kappa shape index (κ1) is 23.7. The number of pyridine rings is 1. The summed E-state index contributed by atoms with van der Waals surface area (Å²) in [4.78, 5) is 45.3. The highest BCUT2D eigenvalue weighted by atomic mass is 16.5. The summed E-state index contributed by atoms with van der Waals surface area (Å²) in [5, 5.41) is 14.8. The molecule has 3 aromatic rings. The highest BCUT2D eigenvalue weighted by molar-refractivity contribution is 6.05. The number of carbonyl (C=O) groups excluding carboxylic acids is 3. The van der Waals surface area contributed by atoms with Gasteiger partial charge in [-0.3, -0.25) is 14.4 Å². The van der Waals surface area contributed by atoms with Gasteiger partial charge in [-0.15, -0.1) is 0 Å². The number of nitrogen functional groups attached to an aromatic ring is 1. The second kappa shape index (κ2) is 9.90. The van der Waals surface area contributed by atoms with Crippen LogP contribution in [0.15, 0.2) is 54.7 Å². The van der Waals surface area contributed by atoms with Crippen LogP contribution in [-0.4, -0.2) is 72.9 Å². The smallest absolute Gasteiger partial charge is 0.259 e. The minimum Gasteiger partial charge on any atom is -0.383 e. The molecule has 0 bridgehead atoms. The number of carbonyl (C=O) groups is 3. The van der Waals surface area contributed by atoms with Crippen molar-refractivity contribution in [2.24, 2.45) is 0 Å². The number of hydrogen-bond acceptors (Lipinski definition) is 8. The summed E-state index contributed by atoms with van der Waals surface area (Å²) < 4.78 is 10.7. The van der Waals surface area contributed by atoms with Crippen LogP contribution in [0.4, 0.5) is 22.9 Å². The summed E-state index contributed by atoms with van der Waals surface area (Å²) >= 11 is 0. The number of nitrogens with two attached hydrogens (primary N) is 1. The molecule has 0 spiro atoms. The van der Waals surface area contributed by atoms with E-state index in [0.29, 0.717) is 36.0 Å². The predicted molar refractivity (Wildman–Crippen MR) is 132 cm³/mol. The molecule has 11 nitrogen and oxygen atoms in total. The lowest BCUT2D eigenvalue weighted by molar-refractivity contribution is -0.150. The Morgan fingerprint density at radius 2 is 1.86 bits per heavy atom. The highest BCUT2D eigenvalue weighted by Gasteiger charge is 2.39. The molecule has 0 aliphatic carbocycles. The Balaban J connectivity index is 1.30. The van der Waals surface area contributed by atoms with Crippen LogP contribution in [-0.2, 0) is 23.9 Å². The Kier molecular flexibility index (Phi) is 6.51. The fraction of sp³-hybridized carbons (Fsp3) is 0.280. The molecule has 2 fully saturated rings. The highest BCUT2D eigenvalue weighted by Crippen LogP contribution is 2.27. The molecule has 2 aliphatic rings. The summed E-state index contributed by atoms with van der Waals surface area (Å²) in [6, 6.07) is 13.8. The van der Waals surface area contributed by atoms with Gasteiger partial charge in [0, 0.05) is 41.7 Å². The minimum absolute atomic E-state index is 0.00553. The molecule has 186 valence electrons. The number of anilines is 4. The van der Waals surface area contributed by atoms with Crippen molar-refractivity contribution in [3.05, 3.63) is 54.7 Å². The molecule has 0 radical (unpaired) electrons. The van der Waals surface area contributed by atoms with Crippen molar-refractivity contribution >= 4 is 51.4 Å². The first-order chi connectivity index (χ1) is 17.4. The van der Waals surface area contributed by atoms with Gasteiger partial charge in [0.05, 0.1) is 13.2 Å². The molecular weight excluding hydrogens is 466 g/mol. The van der Waals surface area contributed by atoms with E-state index in [0.717, 1.165) is 10.8 Å². The molecule has 2 aliphatic heterocycles. The molecule has 2 aromatic carbocycles. The zero-order valence-corrected chi connectivity index (χ0v) is 19.3. The summed E-state index contributed by atoms with van der Waals surface area (Å²) in [5.74, 6) is -1.12. The second-order valence-corrected chi connectivity index (χ2v) is 8.47. The second-order valence-electron chi connectivity index (χ2n) is 8.47. The van der Waals surface area contributed by atoms with E-state index in [1.807, 2.05) is 0 Å². The minimum atomic E-state index is -1.73. The van der Waals surface area contributed by atoms with Gasteiger partial charge in [0.15, 0.2) is 12.2 Å². The SMILES string of the molecule is Nc1nccc2cc(NC(=O)C(O)C3OCCN(c4cccc(N5CCOCC5=O)c4)C3=O)ccc12. The van der Waals surface area contributed by atoms with Crippen LogP contribution in [0.25, 0.3) is 10.8 Å². The maximum atomic E-state index is 13.2. The lowest BCUT2D eigenvalue weighted by atomic mass is 10.1. The van der Waals surface area contributed by atoms with Crippen LogP contribution in [0.2, 0.25) is 0 Å². The molecule has 36 heavy (non-hydrogen) atoms. The fourth-order valence-electron chi connectivity index (χ4n) is 4.34. The van der Waals surface area contributed by atoms with Crippen molar-refractivity contribution in [1.29, 1.82) is 0 Å². The van der Waals surface area contributed by atoms with Crippen molar-refractivity contribution < 1.29 is 29.0 Å². The third kappa shape index (κ3) is 4.59.